The summed E-state index contributed by atoms with van der Waals surface area (Å²) in [4.78, 5) is 0. The third-order valence-electron chi connectivity index (χ3n) is 2.24. The van der Waals surface area contributed by atoms with E-state index in [1.807, 2.05) is 0 Å². The highest BCUT2D eigenvalue weighted by atomic mass is 35.5. The highest BCUT2D eigenvalue weighted by Gasteiger charge is 2.06. The lowest BCUT2D eigenvalue weighted by molar-refractivity contribution is 0.508. The largest absolute Gasteiger partial charge is 0.399 e. The van der Waals surface area contributed by atoms with Gasteiger partial charge in [0.15, 0.2) is 11.6 Å². The molecule has 0 saturated heterocycles. The molecule has 0 fully saturated rings. The first-order chi connectivity index (χ1) is 8.56. The summed E-state index contributed by atoms with van der Waals surface area (Å²) in [6.07, 6.45) is 0. The van der Waals surface area contributed by atoms with Crippen LogP contribution in [-0.2, 0) is 0 Å². The van der Waals surface area contributed by atoms with E-state index in [0.29, 0.717) is 11.3 Å². The number of hydrogen-bond acceptors (Lipinski definition) is 1. The molecule has 0 spiro atoms. The summed E-state index contributed by atoms with van der Waals surface area (Å²) in [6.45, 7) is 0. The maximum absolute atomic E-state index is 13.0. The maximum atomic E-state index is 13.0. The second-order valence-electron chi connectivity index (χ2n) is 3.62. The number of hydrogen-bond donors (Lipinski definition) is 1. The van der Waals surface area contributed by atoms with E-state index in [2.05, 4.69) is 11.8 Å². The molecule has 0 amide bonds. The van der Waals surface area contributed by atoms with Gasteiger partial charge in [-0.15, -0.1) is 0 Å². The van der Waals surface area contributed by atoms with Crippen molar-refractivity contribution in [3.05, 3.63) is 64.2 Å². The van der Waals surface area contributed by atoms with Gasteiger partial charge in [-0.2, -0.15) is 0 Å². The van der Waals surface area contributed by atoms with E-state index >= 15 is 0 Å². The molecule has 1 nitrogen and oxygen atoms in total. The lowest BCUT2D eigenvalue weighted by atomic mass is 10.1. The Morgan fingerprint density at radius 2 is 1.72 bits per heavy atom. The van der Waals surface area contributed by atoms with Gasteiger partial charge in [-0.25, -0.2) is 8.78 Å². The Morgan fingerprint density at radius 3 is 2.44 bits per heavy atom. The Kier molecular flexibility index (Phi) is 3.50. The Hall–Kier alpha value is -2.05. The SMILES string of the molecule is Nc1cccc(C#Cc2cc(F)c(F)cc2Cl)c1. The third-order valence-corrected chi connectivity index (χ3v) is 2.55. The molecule has 2 aromatic rings. The molecule has 0 radical (unpaired) electrons. The number of nitrogen functional groups attached to an aromatic ring is 1. The maximum Gasteiger partial charge on any atom is 0.160 e. The van der Waals surface area contributed by atoms with Crippen molar-refractivity contribution < 1.29 is 8.78 Å². The summed E-state index contributed by atoms with van der Waals surface area (Å²) in [7, 11) is 0. The van der Waals surface area contributed by atoms with Crippen LogP contribution in [0.25, 0.3) is 0 Å². The van der Waals surface area contributed by atoms with Gasteiger partial charge in [-0.1, -0.05) is 29.5 Å². The zero-order valence-corrected chi connectivity index (χ0v) is 9.93. The zero-order chi connectivity index (χ0) is 13.1. The quantitative estimate of drug-likeness (QED) is 0.439. The zero-order valence-electron chi connectivity index (χ0n) is 9.18. The Morgan fingerprint density at radius 1 is 1.00 bits per heavy atom. The molecule has 2 aromatic carbocycles. The van der Waals surface area contributed by atoms with Gasteiger partial charge in [0.1, 0.15) is 0 Å². The molecule has 0 saturated carbocycles. The average molecular weight is 264 g/mol. The lowest BCUT2D eigenvalue weighted by Crippen LogP contribution is -1.88. The van der Waals surface area contributed by atoms with Gasteiger partial charge in [0.25, 0.3) is 0 Å². The van der Waals surface area contributed by atoms with Gasteiger partial charge < -0.3 is 5.73 Å². The van der Waals surface area contributed by atoms with Gasteiger partial charge in [-0.05, 0) is 30.3 Å². The van der Waals surface area contributed by atoms with Crippen LogP contribution >= 0.6 is 11.6 Å². The average Bonchev–Trinajstić information content (AvgIpc) is 2.32. The van der Waals surface area contributed by atoms with Crippen molar-refractivity contribution in [1.29, 1.82) is 0 Å². The second-order valence-corrected chi connectivity index (χ2v) is 4.03. The van der Waals surface area contributed by atoms with Crippen LogP contribution in [0.5, 0.6) is 0 Å². The molecular formula is C14H8ClF2N. The third kappa shape index (κ3) is 2.79. The van der Waals surface area contributed by atoms with Crippen LogP contribution in [-0.4, -0.2) is 0 Å². The molecule has 0 aliphatic rings. The summed E-state index contributed by atoms with van der Waals surface area (Å²) in [5, 5.41) is 0.0744. The molecule has 0 aliphatic carbocycles. The van der Waals surface area contributed by atoms with Crippen LogP contribution in [0.3, 0.4) is 0 Å². The van der Waals surface area contributed by atoms with Crippen LogP contribution in [0, 0.1) is 23.5 Å². The van der Waals surface area contributed by atoms with Crippen molar-refractivity contribution in [3.8, 4) is 11.8 Å². The van der Waals surface area contributed by atoms with Gasteiger partial charge in [0.2, 0.25) is 0 Å². The molecule has 18 heavy (non-hydrogen) atoms. The monoisotopic (exact) mass is 263 g/mol. The number of anilines is 1. The van der Waals surface area contributed by atoms with Crippen molar-refractivity contribution >= 4 is 17.3 Å². The number of rotatable bonds is 0. The molecule has 2 N–H and O–H groups in total. The van der Waals surface area contributed by atoms with E-state index in [4.69, 9.17) is 17.3 Å². The van der Waals surface area contributed by atoms with Crippen molar-refractivity contribution in [2.45, 2.75) is 0 Å². The molecule has 4 heteroatoms. The van der Waals surface area contributed by atoms with E-state index < -0.39 is 11.6 Å². The van der Waals surface area contributed by atoms with E-state index in [-0.39, 0.29) is 10.6 Å². The minimum Gasteiger partial charge on any atom is -0.399 e. The summed E-state index contributed by atoms with van der Waals surface area (Å²) in [5.74, 6) is 3.50. The van der Waals surface area contributed by atoms with Gasteiger partial charge in [0, 0.05) is 16.8 Å². The normalized spacial score (nSPS) is 9.72. The Bertz CT molecular complexity index is 657. The molecule has 0 heterocycles. The predicted octanol–water partition coefficient (Wildman–Crippen LogP) is 3.60. The smallest absolute Gasteiger partial charge is 0.160 e. The highest BCUT2D eigenvalue weighted by molar-refractivity contribution is 6.31. The Labute approximate surface area is 108 Å². The van der Waals surface area contributed by atoms with Crippen molar-refractivity contribution in [2.24, 2.45) is 0 Å². The predicted molar refractivity (Wildman–Crippen MR) is 68.2 cm³/mol. The summed E-state index contributed by atoms with van der Waals surface area (Å²) < 4.78 is 25.9. The number of nitrogens with two attached hydrogens (primary N) is 1. The topological polar surface area (TPSA) is 26.0 Å². The Balaban J connectivity index is 2.38. The van der Waals surface area contributed by atoms with Crippen LogP contribution < -0.4 is 5.73 Å². The standard InChI is InChI=1S/C14H8ClF2N/c15-12-8-14(17)13(16)7-10(12)5-4-9-2-1-3-11(18)6-9/h1-3,6-8H,18H2. The number of halogens is 3. The van der Waals surface area contributed by atoms with E-state index in [1.54, 1.807) is 24.3 Å². The van der Waals surface area contributed by atoms with Crippen LogP contribution in [0.4, 0.5) is 14.5 Å². The van der Waals surface area contributed by atoms with E-state index in [0.717, 1.165) is 12.1 Å². The van der Waals surface area contributed by atoms with Crippen molar-refractivity contribution in [1.82, 2.24) is 0 Å². The molecule has 0 aliphatic heterocycles. The summed E-state index contributed by atoms with van der Waals surface area (Å²) >= 11 is 5.77. The van der Waals surface area contributed by atoms with Gasteiger partial charge in [0.05, 0.1) is 5.02 Å². The first-order valence-corrected chi connectivity index (χ1v) is 5.46. The minimum absolute atomic E-state index is 0.0744. The first kappa shape index (κ1) is 12.4. The molecule has 0 unspecified atom stereocenters. The lowest BCUT2D eigenvalue weighted by Gasteiger charge is -1.98. The first-order valence-electron chi connectivity index (χ1n) is 5.08. The van der Waals surface area contributed by atoms with Crippen molar-refractivity contribution in [2.75, 3.05) is 5.73 Å². The van der Waals surface area contributed by atoms with Gasteiger partial charge in [-0.3, -0.25) is 0 Å². The fourth-order valence-electron chi connectivity index (χ4n) is 1.37. The molecule has 0 atom stereocenters. The van der Waals surface area contributed by atoms with Crippen LogP contribution in [0.1, 0.15) is 11.1 Å². The highest BCUT2D eigenvalue weighted by Crippen LogP contribution is 2.19. The summed E-state index contributed by atoms with van der Waals surface area (Å²) in [5.41, 5.74) is 7.09. The number of benzene rings is 2. The van der Waals surface area contributed by atoms with Crippen LogP contribution in [0.2, 0.25) is 5.02 Å². The molecule has 0 aromatic heterocycles. The molecule has 90 valence electrons. The summed E-state index contributed by atoms with van der Waals surface area (Å²) in [6, 6.07) is 8.80. The van der Waals surface area contributed by atoms with Crippen molar-refractivity contribution in [3.63, 3.8) is 0 Å². The second kappa shape index (κ2) is 5.07. The fourth-order valence-corrected chi connectivity index (χ4v) is 1.57. The van der Waals surface area contributed by atoms with Gasteiger partial charge >= 0.3 is 0 Å². The molecule has 2 rings (SSSR count). The van der Waals surface area contributed by atoms with E-state index in [9.17, 15) is 8.78 Å². The molecular weight excluding hydrogens is 256 g/mol. The van der Waals surface area contributed by atoms with E-state index in [1.165, 1.54) is 0 Å². The minimum atomic E-state index is -0.991. The molecule has 0 bridgehead atoms. The van der Waals surface area contributed by atoms with Crippen LogP contribution in [0.15, 0.2) is 36.4 Å². The fraction of sp³-hybridized carbons (Fsp3) is 0.